The van der Waals surface area contributed by atoms with Gasteiger partial charge in [-0.2, -0.15) is 0 Å². The summed E-state index contributed by atoms with van der Waals surface area (Å²) in [6.07, 6.45) is 0.274. The van der Waals surface area contributed by atoms with Crippen LogP contribution in [0.25, 0.3) is 0 Å². The summed E-state index contributed by atoms with van der Waals surface area (Å²) < 4.78 is 6.01. The number of hydrogen-bond donors (Lipinski definition) is 1. The lowest BCUT2D eigenvalue weighted by Gasteiger charge is -2.36. The van der Waals surface area contributed by atoms with Gasteiger partial charge in [0.15, 0.2) is 0 Å². The van der Waals surface area contributed by atoms with E-state index in [1.807, 2.05) is 11.3 Å². The van der Waals surface area contributed by atoms with E-state index < -0.39 is 0 Å². The Kier molecular flexibility index (Phi) is 5.18. The van der Waals surface area contributed by atoms with Crippen molar-refractivity contribution in [3.8, 4) is 0 Å². The molecule has 1 aliphatic rings. The van der Waals surface area contributed by atoms with Crippen molar-refractivity contribution < 1.29 is 4.74 Å². The highest BCUT2D eigenvalue weighted by molar-refractivity contribution is 7.10. The van der Waals surface area contributed by atoms with Crippen LogP contribution in [0.15, 0.2) is 11.4 Å². The molecule has 0 spiro atoms. The van der Waals surface area contributed by atoms with Gasteiger partial charge in [-0.1, -0.05) is 13.8 Å². The number of ether oxygens (including phenoxy) is 1. The number of nitrogens with one attached hydrogen (secondary N) is 1. The summed E-state index contributed by atoms with van der Waals surface area (Å²) in [4.78, 5) is 3.90. The minimum atomic E-state index is 0.274. The molecule has 3 nitrogen and oxygen atoms in total. The first-order valence-corrected chi connectivity index (χ1v) is 7.75. The summed E-state index contributed by atoms with van der Waals surface area (Å²) in [5.74, 6) is 0. The van der Waals surface area contributed by atoms with Crippen LogP contribution in [0.5, 0.6) is 0 Å². The molecule has 2 unspecified atom stereocenters. The molecule has 0 aromatic carbocycles. The molecule has 1 aliphatic heterocycles. The first kappa shape index (κ1) is 14.0. The first-order valence-electron chi connectivity index (χ1n) is 6.87. The molecule has 0 saturated carbocycles. The van der Waals surface area contributed by atoms with Crippen LogP contribution in [-0.4, -0.2) is 43.8 Å². The molecule has 0 amide bonds. The number of morpholine rings is 1. The fourth-order valence-electron chi connectivity index (χ4n) is 2.54. The van der Waals surface area contributed by atoms with Gasteiger partial charge < -0.3 is 10.1 Å². The van der Waals surface area contributed by atoms with E-state index in [0.717, 1.165) is 32.8 Å². The second kappa shape index (κ2) is 6.66. The predicted octanol–water partition coefficient (Wildman–Crippen LogP) is 2.43. The van der Waals surface area contributed by atoms with Crippen LogP contribution >= 0.6 is 11.3 Å². The smallest absolute Gasteiger partial charge is 0.0905 e. The third-order valence-electron chi connectivity index (χ3n) is 3.60. The largest absolute Gasteiger partial charge is 0.374 e. The van der Waals surface area contributed by atoms with E-state index in [4.69, 9.17) is 4.74 Å². The average molecular weight is 268 g/mol. The fraction of sp³-hybridized carbons (Fsp3) is 0.714. The third-order valence-corrected chi connectivity index (χ3v) is 4.71. The normalized spacial score (nSPS) is 23.2. The van der Waals surface area contributed by atoms with Crippen LogP contribution in [0.2, 0.25) is 0 Å². The van der Waals surface area contributed by atoms with Crippen LogP contribution in [0.3, 0.4) is 0 Å². The van der Waals surface area contributed by atoms with E-state index in [-0.39, 0.29) is 6.10 Å². The van der Waals surface area contributed by atoms with E-state index in [1.54, 1.807) is 0 Å². The maximum atomic E-state index is 6.01. The van der Waals surface area contributed by atoms with E-state index in [2.05, 4.69) is 42.4 Å². The fourth-order valence-corrected chi connectivity index (χ4v) is 3.59. The van der Waals surface area contributed by atoms with E-state index >= 15 is 0 Å². The highest BCUT2D eigenvalue weighted by Crippen LogP contribution is 2.29. The van der Waals surface area contributed by atoms with Crippen molar-refractivity contribution in [1.29, 1.82) is 0 Å². The Morgan fingerprint density at radius 1 is 1.56 bits per heavy atom. The zero-order valence-electron chi connectivity index (χ0n) is 11.6. The quantitative estimate of drug-likeness (QED) is 0.887. The molecule has 1 aromatic rings. The Morgan fingerprint density at radius 2 is 2.39 bits per heavy atom. The molecule has 0 bridgehead atoms. The van der Waals surface area contributed by atoms with Crippen molar-refractivity contribution in [2.45, 2.75) is 32.9 Å². The number of thiophene rings is 1. The standard InChI is InChI=1S/C14H24N2OS/c1-4-15-13(14-11(3)6-9-18-14)12-10-16(5-2)7-8-17-12/h6,9,12-13,15H,4-5,7-8,10H2,1-3H3. The molecule has 1 aromatic heterocycles. The number of hydrogen-bond acceptors (Lipinski definition) is 4. The van der Waals surface area contributed by atoms with Gasteiger partial charge >= 0.3 is 0 Å². The zero-order valence-corrected chi connectivity index (χ0v) is 12.4. The lowest BCUT2D eigenvalue weighted by Crippen LogP contribution is -2.48. The van der Waals surface area contributed by atoms with Crippen molar-refractivity contribution in [2.75, 3.05) is 32.8 Å². The average Bonchev–Trinajstić information content (AvgIpc) is 2.82. The van der Waals surface area contributed by atoms with Gasteiger partial charge in [0.05, 0.1) is 18.8 Å². The Labute approximate surface area is 114 Å². The van der Waals surface area contributed by atoms with Crippen LogP contribution in [0, 0.1) is 6.92 Å². The van der Waals surface area contributed by atoms with Crippen LogP contribution < -0.4 is 5.32 Å². The van der Waals surface area contributed by atoms with Gasteiger partial charge in [-0.05, 0) is 37.0 Å². The molecule has 102 valence electrons. The van der Waals surface area contributed by atoms with Crippen LogP contribution in [0.1, 0.15) is 30.3 Å². The topological polar surface area (TPSA) is 24.5 Å². The summed E-state index contributed by atoms with van der Waals surface area (Å²) in [5.41, 5.74) is 1.38. The van der Waals surface area contributed by atoms with Crippen molar-refractivity contribution in [1.82, 2.24) is 10.2 Å². The maximum Gasteiger partial charge on any atom is 0.0905 e. The van der Waals surface area contributed by atoms with Gasteiger partial charge in [0.2, 0.25) is 0 Å². The molecule has 1 N–H and O–H groups in total. The summed E-state index contributed by atoms with van der Waals surface area (Å²) in [6, 6.07) is 2.54. The van der Waals surface area contributed by atoms with Gasteiger partial charge in [0.25, 0.3) is 0 Å². The minimum absolute atomic E-state index is 0.274. The second-order valence-electron chi connectivity index (χ2n) is 4.81. The summed E-state index contributed by atoms with van der Waals surface area (Å²) in [6.45, 7) is 11.6. The van der Waals surface area contributed by atoms with Crippen LogP contribution in [0.4, 0.5) is 0 Å². The number of rotatable bonds is 5. The van der Waals surface area contributed by atoms with Gasteiger partial charge in [0.1, 0.15) is 0 Å². The first-order chi connectivity index (χ1) is 8.76. The molecule has 1 fully saturated rings. The Morgan fingerprint density at radius 3 is 3.00 bits per heavy atom. The Bertz CT molecular complexity index is 366. The highest BCUT2D eigenvalue weighted by atomic mass is 32.1. The molecule has 18 heavy (non-hydrogen) atoms. The Balaban J connectivity index is 2.12. The second-order valence-corrected chi connectivity index (χ2v) is 5.75. The lowest BCUT2D eigenvalue weighted by atomic mass is 10.0. The molecule has 2 heterocycles. The van der Waals surface area contributed by atoms with E-state index in [1.165, 1.54) is 10.4 Å². The summed E-state index contributed by atoms with van der Waals surface area (Å²) in [5, 5.41) is 5.77. The van der Waals surface area contributed by atoms with E-state index in [0.29, 0.717) is 6.04 Å². The van der Waals surface area contributed by atoms with E-state index in [9.17, 15) is 0 Å². The minimum Gasteiger partial charge on any atom is -0.374 e. The van der Waals surface area contributed by atoms with Crippen molar-refractivity contribution in [2.24, 2.45) is 0 Å². The molecule has 2 atom stereocenters. The van der Waals surface area contributed by atoms with Gasteiger partial charge in [-0.3, -0.25) is 4.90 Å². The van der Waals surface area contributed by atoms with Crippen molar-refractivity contribution in [3.63, 3.8) is 0 Å². The lowest BCUT2D eigenvalue weighted by molar-refractivity contribution is -0.0448. The van der Waals surface area contributed by atoms with Crippen molar-refractivity contribution >= 4 is 11.3 Å². The third kappa shape index (κ3) is 3.12. The Hall–Kier alpha value is -0.420. The molecule has 0 aliphatic carbocycles. The molecular weight excluding hydrogens is 244 g/mol. The zero-order chi connectivity index (χ0) is 13.0. The number of likely N-dealkylation sites (N-methyl/N-ethyl adjacent to an activating group) is 2. The number of nitrogens with zero attached hydrogens (tertiary/aromatic N) is 1. The monoisotopic (exact) mass is 268 g/mol. The summed E-state index contributed by atoms with van der Waals surface area (Å²) in [7, 11) is 0. The molecule has 4 heteroatoms. The van der Waals surface area contributed by atoms with Gasteiger partial charge in [0, 0.05) is 18.0 Å². The highest BCUT2D eigenvalue weighted by Gasteiger charge is 2.29. The van der Waals surface area contributed by atoms with Gasteiger partial charge in [-0.25, -0.2) is 0 Å². The van der Waals surface area contributed by atoms with Crippen molar-refractivity contribution in [3.05, 3.63) is 21.9 Å². The molecule has 2 rings (SSSR count). The SMILES string of the molecule is CCNC(c1sccc1C)C1CN(CC)CCO1. The summed E-state index contributed by atoms with van der Waals surface area (Å²) >= 11 is 1.84. The molecule has 1 saturated heterocycles. The van der Waals surface area contributed by atoms with Gasteiger partial charge in [-0.15, -0.1) is 11.3 Å². The molecule has 0 radical (unpaired) electrons. The molecular formula is C14H24N2OS. The maximum absolute atomic E-state index is 6.01. The number of aryl methyl sites for hydroxylation is 1. The van der Waals surface area contributed by atoms with Crippen LogP contribution in [-0.2, 0) is 4.74 Å². The predicted molar refractivity (Wildman–Crippen MR) is 77.3 cm³/mol.